The van der Waals surface area contributed by atoms with Gasteiger partial charge in [0.15, 0.2) is 6.10 Å². The summed E-state index contributed by atoms with van der Waals surface area (Å²) in [5.41, 5.74) is 0. The molecule has 0 radical (unpaired) electrons. The Morgan fingerprint density at radius 2 is 1.13 bits per heavy atom. The summed E-state index contributed by atoms with van der Waals surface area (Å²) in [6.45, 7) is 3.47. The minimum atomic E-state index is -4.78. The number of hydrogen-bond acceptors (Lipinski definition) is 8. The third-order valence-electron chi connectivity index (χ3n) is 7.98. The second-order valence-electron chi connectivity index (χ2n) is 12.5. The summed E-state index contributed by atoms with van der Waals surface area (Å²) in [4.78, 5) is 42.6. The molecule has 0 spiro atoms. The summed E-state index contributed by atoms with van der Waals surface area (Å²) >= 11 is 0. The van der Waals surface area contributed by atoms with Crippen LogP contribution >= 0.6 is 7.82 Å². The van der Waals surface area contributed by atoms with Crippen molar-refractivity contribution in [2.45, 2.75) is 186 Å². The molecular weight excluding hydrogens is 611 g/mol. The first-order valence-electron chi connectivity index (χ1n) is 18.1. The van der Waals surface area contributed by atoms with E-state index >= 15 is 0 Å². The topological polar surface area (TPSA) is 160 Å². The Bertz CT molecular complexity index is 800. The van der Waals surface area contributed by atoms with Crippen LogP contribution in [0.3, 0.4) is 0 Å². The van der Waals surface area contributed by atoms with Crippen molar-refractivity contribution in [2.75, 3.05) is 13.2 Å². The zero-order chi connectivity index (χ0) is 34.3. The van der Waals surface area contributed by atoms with Crippen molar-refractivity contribution in [1.29, 1.82) is 0 Å². The Morgan fingerprint density at radius 3 is 1.70 bits per heavy atom. The fourth-order valence-electron chi connectivity index (χ4n) is 5.10. The number of esters is 2. The number of carbonyl (C=O) groups is 2. The van der Waals surface area contributed by atoms with Gasteiger partial charge in [0.1, 0.15) is 6.61 Å². The Labute approximate surface area is 279 Å². The minimum absolute atomic E-state index is 0.116. The van der Waals surface area contributed by atoms with E-state index in [1.165, 1.54) is 57.8 Å². The largest absolute Gasteiger partial charge is 0.469 e. The van der Waals surface area contributed by atoms with Gasteiger partial charge in [0.05, 0.1) is 18.8 Å². The van der Waals surface area contributed by atoms with E-state index in [0.29, 0.717) is 25.7 Å². The average Bonchev–Trinajstić information content (AvgIpc) is 3.01. The molecule has 0 aromatic rings. The van der Waals surface area contributed by atoms with Crippen LogP contribution in [0.15, 0.2) is 12.2 Å². The number of aliphatic hydroxyl groups is 2. The van der Waals surface area contributed by atoms with Crippen molar-refractivity contribution in [3.63, 3.8) is 0 Å². The summed E-state index contributed by atoms with van der Waals surface area (Å²) in [6.07, 6.45) is 23.9. The second-order valence-corrected chi connectivity index (χ2v) is 13.8. The van der Waals surface area contributed by atoms with Crippen LogP contribution in [0.5, 0.6) is 0 Å². The predicted octanol–water partition coefficient (Wildman–Crippen LogP) is 8.23. The van der Waals surface area contributed by atoms with Gasteiger partial charge in [0, 0.05) is 12.8 Å². The van der Waals surface area contributed by atoms with Gasteiger partial charge in [0.2, 0.25) is 0 Å². The van der Waals surface area contributed by atoms with Gasteiger partial charge in [0.25, 0.3) is 0 Å². The summed E-state index contributed by atoms with van der Waals surface area (Å²) in [7, 11) is -4.78. The summed E-state index contributed by atoms with van der Waals surface area (Å²) in [5, 5.41) is 20.3. The maximum absolute atomic E-state index is 12.3. The number of unbranched alkanes of at least 4 members (excludes halogenated alkanes) is 17. The lowest BCUT2D eigenvalue weighted by molar-refractivity contribution is -0.161. The zero-order valence-corrected chi connectivity index (χ0v) is 29.9. The molecule has 0 amide bonds. The third-order valence-corrected chi connectivity index (χ3v) is 8.47. The molecule has 0 bridgehead atoms. The number of ether oxygens (including phenoxy) is 2. The molecule has 0 aliphatic rings. The normalized spacial score (nSPS) is 14.0. The first kappa shape index (κ1) is 44.7. The Morgan fingerprint density at radius 1 is 0.630 bits per heavy atom. The van der Waals surface area contributed by atoms with Crippen molar-refractivity contribution in [3.05, 3.63) is 12.2 Å². The van der Waals surface area contributed by atoms with Crippen LogP contribution in [0, 0.1) is 0 Å². The van der Waals surface area contributed by atoms with E-state index in [1.54, 1.807) is 0 Å². The second kappa shape index (κ2) is 31.0. The van der Waals surface area contributed by atoms with Crippen LogP contribution in [-0.2, 0) is 28.2 Å². The van der Waals surface area contributed by atoms with E-state index in [0.717, 1.165) is 57.8 Å². The van der Waals surface area contributed by atoms with Gasteiger partial charge in [-0.15, -0.1) is 0 Å². The smallest absolute Gasteiger partial charge is 0.462 e. The van der Waals surface area contributed by atoms with Crippen molar-refractivity contribution < 1.29 is 48.2 Å². The Hall–Kier alpha value is -1.29. The van der Waals surface area contributed by atoms with Gasteiger partial charge in [-0.05, 0) is 38.5 Å². The highest BCUT2D eigenvalue weighted by molar-refractivity contribution is 7.46. The molecule has 3 atom stereocenters. The van der Waals surface area contributed by atoms with Crippen molar-refractivity contribution in [1.82, 2.24) is 0 Å². The van der Waals surface area contributed by atoms with E-state index in [1.807, 2.05) is 6.08 Å². The lowest BCUT2D eigenvalue weighted by Gasteiger charge is -2.18. The fourth-order valence-corrected chi connectivity index (χ4v) is 5.46. The van der Waals surface area contributed by atoms with Crippen molar-refractivity contribution in [3.8, 4) is 0 Å². The van der Waals surface area contributed by atoms with Crippen LogP contribution in [0.4, 0.5) is 0 Å². The highest BCUT2D eigenvalue weighted by Crippen LogP contribution is 2.36. The number of rotatable bonds is 33. The number of phosphoric acid groups is 1. The lowest BCUT2D eigenvalue weighted by atomic mass is 10.0. The maximum Gasteiger partial charge on any atom is 0.469 e. The van der Waals surface area contributed by atoms with Gasteiger partial charge in [-0.2, -0.15) is 0 Å². The maximum atomic E-state index is 12.3. The molecule has 4 N–H and O–H groups in total. The van der Waals surface area contributed by atoms with Crippen molar-refractivity contribution >= 4 is 19.8 Å². The molecule has 46 heavy (non-hydrogen) atoms. The van der Waals surface area contributed by atoms with E-state index in [2.05, 4.69) is 24.4 Å². The number of aliphatic hydroxyl groups excluding tert-OH is 2. The molecule has 0 aliphatic heterocycles. The monoisotopic (exact) mass is 678 g/mol. The molecule has 0 saturated carbocycles. The molecule has 0 rings (SSSR count). The van der Waals surface area contributed by atoms with E-state index < -0.39 is 44.7 Å². The summed E-state index contributed by atoms with van der Waals surface area (Å²) in [5.74, 6) is -0.994. The SMILES string of the molecule is CCCCC/C=C\C[C@H](O)[C@@H](O)CCCCCCCC(=O)O[C@H](COC(=O)CCCCCCCCCCCCC)COP(=O)(O)O. The highest BCUT2D eigenvalue weighted by atomic mass is 31.2. The molecule has 0 unspecified atom stereocenters. The third kappa shape index (κ3) is 31.3. The Kier molecular flexibility index (Phi) is 30.1. The first-order valence-corrected chi connectivity index (χ1v) is 19.7. The Balaban J connectivity index is 4.11. The molecule has 10 nitrogen and oxygen atoms in total. The number of allylic oxidation sites excluding steroid dienone is 1. The van der Waals surface area contributed by atoms with Crippen LogP contribution in [-0.4, -0.2) is 63.5 Å². The molecule has 0 heterocycles. The van der Waals surface area contributed by atoms with Crippen molar-refractivity contribution in [2.24, 2.45) is 0 Å². The van der Waals surface area contributed by atoms with E-state index in [9.17, 15) is 24.4 Å². The fraction of sp³-hybridized carbons (Fsp3) is 0.886. The van der Waals surface area contributed by atoms with E-state index in [-0.39, 0.29) is 19.4 Å². The van der Waals surface area contributed by atoms with Crippen LogP contribution in [0.25, 0.3) is 0 Å². The molecule has 11 heteroatoms. The van der Waals surface area contributed by atoms with Gasteiger partial charge in [-0.1, -0.05) is 129 Å². The lowest BCUT2D eigenvalue weighted by Crippen LogP contribution is -2.29. The molecular formula is C35H67O10P. The standard InChI is InChI=1S/C35H67O10P/c1-3-5-7-9-11-12-13-14-15-19-23-27-34(38)43-29-31(30-44-46(40,41)42)45-35(39)28-24-20-16-18-22-26-33(37)32(36)25-21-17-10-8-6-4-2/h17,21,31-33,36-37H,3-16,18-20,22-30H2,1-2H3,(H2,40,41,42)/b21-17-/t31-,32+,33+/m1/s1. The van der Waals surface area contributed by atoms with Crippen LogP contribution in [0.1, 0.15) is 168 Å². The predicted molar refractivity (Wildman–Crippen MR) is 182 cm³/mol. The highest BCUT2D eigenvalue weighted by Gasteiger charge is 2.23. The summed E-state index contributed by atoms with van der Waals surface area (Å²) < 4.78 is 26.2. The quantitative estimate of drug-likeness (QED) is 0.0230. The van der Waals surface area contributed by atoms with E-state index in [4.69, 9.17) is 19.3 Å². The van der Waals surface area contributed by atoms with Gasteiger partial charge in [-0.25, -0.2) is 4.57 Å². The summed E-state index contributed by atoms with van der Waals surface area (Å²) in [6, 6.07) is 0. The van der Waals surface area contributed by atoms with Crippen LogP contribution in [0.2, 0.25) is 0 Å². The molecule has 0 saturated heterocycles. The van der Waals surface area contributed by atoms with Gasteiger partial charge in [-0.3, -0.25) is 14.1 Å². The van der Waals surface area contributed by atoms with Gasteiger partial charge >= 0.3 is 19.8 Å². The minimum Gasteiger partial charge on any atom is -0.462 e. The molecule has 272 valence electrons. The zero-order valence-electron chi connectivity index (χ0n) is 29.0. The molecule has 0 fully saturated rings. The van der Waals surface area contributed by atoms with Gasteiger partial charge < -0.3 is 29.5 Å². The average molecular weight is 679 g/mol. The number of hydrogen-bond donors (Lipinski definition) is 4. The van der Waals surface area contributed by atoms with Crippen LogP contribution < -0.4 is 0 Å². The molecule has 0 aromatic carbocycles. The molecule has 0 aliphatic carbocycles. The number of carbonyl (C=O) groups excluding carboxylic acids is 2. The number of phosphoric ester groups is 1. The first-order chi connectivity index (χ1) is 22.1. The molecule has 0 aromatic heterocycles.